The summed E-state index contributed by atoms with van der Waals surface area (Å²) >= 11 is 0. The first-order chi connectivity index (χ1) is 8.69. The minimum atomic E-state index is -0.866. The second-order valence-electron chi connectivity index (χ2n) is 4.56. The van der Waals surface area contributed by atoms with Crippen molar-refractivity contribution in [2.75, 3.05) is 0 Å². The van der Waals surface area contributed by atoms with Crippen LogP contribution in [0.25, 0.3) is 0 Å². The summed E-state index contributed by atoms with van der Waals surface area (Å²) in [5, 5.41) is 18.0. The van der Waals surface area contributed by atoms with E-state index < -0.39 is 11.6 Å². The quantitative estimate of drug-likeness (QED) is 0.757. The Hall–Kier alpha value is -1.94. The van der Waals surface area contributed by atoms with Crippen LogP contribution in [-0.4, -0.2) is 0 Å². The molecule has 2 rings (SSSR count). The smallest absolute Gasteiger partial charge is 0.144 e. The molecule has 0 aromatic heterocycles. The third-order valence-electron chi connectivity index (χ3n) is 3.51. The van der Waals surface area contributed by atoms with Crippen molar-refractivity contribution in [1.82, 2.24) is 0 Å². The van der Waals surface area contributed by atoms with Crippen molar-refractivity contribution in [2.45, 2.75) is 38.0 Å². The van der Waals surface area contributed by atoms with Crippen molar-refractivity contribution in [2.24, 2.45) is 0 Å². The van der Waals surface area contributed by atoms with Crippen LogP contribution in [0, 0.1) is 34.3 Å². The first kappa shape index (κ1) is 12.5. The van der Waals surface area contributed by atoms with Crippen LogP contribution in [-0.2, 0) is 0 Å². The van der Waals surface area contributed by atoms with Gasteiger partial charge in [-0.2, -0.15) is 10.5 Å². The number of halogens is 2. The Labute approximate surface area is 104 Å². The Morgan fingerprint density at radius 3 is 1.89 bits per heavy atom. The van der Waals surface area contributed by atoms with Crippen LogP contribution in [0.3, 0.4) is 0 Å². The second-order valence-corrected chi connectivity index (χ2v) is 4.56. The second kappa shape index (κ2) is 5.14. The summed E-state index contributed by atoms with van der Waals surface area (Å²) in [5.41, 5.74) is -0.0584. The highest BCUT2D eigenvalue weighted by atomic mass is 19.1. The lowest BCUT2D eigenvalue weighted by Gasteiger charge is -2.24. The van der Waals surface area contributed by atoms with Crippen LogP contribution in [0.5, 0.6) is 0 Å². The number of nitrogens with zero attached hydrogens (tertiary/aromatic N) is 2. The van der Waals surface area contributed by atoms with Gasteiger partial charge in [0.1, 0.15) is 23.8 Å². The van der Waals surface area contributed by atoms with Crippen molar-refractivity contribution in [1.29, 1.82) is 10.5 Å². The summed E-state index contributed by atoms with van der Waals surface area (Å²) in [5.74, 6) is -1.81. The van der Waals surface area contributed by atoms with Gasteiger partial charge < -0.3 is 0 Å². The lowest BCUT2D eigenvalue weighted by Crippen LogP contribution is -2.11. The van der Waals surface area contributed by atoms with Crippen molar-refractivity contribution in [3.8, 4) is 12.1 Å². The molecule has 1 aliphatic rings. The first-order valence-electron chi connectivity index (χ1n) is 6.01. The average molecular weight is 246 g/mol. The van der Waals surface area contributed by atoms with Crippen LogP contribution >= 0.6 is 0 Å². The number of rotatable bonds is 1. The number of benzene rings is 1. The van der Waals surface area contributed by atoms with Gasteiger partial charge in [0.2, 0.25) is 0 Å². The van der Waals surface area contributed by atoms with E-state index in [4.69, 9.17) is 10.5 Å². The average Bonchev–Trinajstić information content (AvgIpc) is 2.39. The van der Waals surface area contributed by atoms with Crippen molar-refractivity contribution in [3.63, 3.8) is 0 Å². The third kappa shape index (κ3) is 2.07. The van der Waals surface area contributed by atoms with Gasteiger partial charge in [0, 0.05) is 6.07 Å². The van der Waals surface area contributed by atoms with Crippen molar-refractivity contribution >= 4 is 0 Å². The minimum Gasteiger partial charge on any atom is -0.205 e. The maximum absolute atomic E-state index is 13.6. The molecule has 1 fully saturated rings. The van der Waals surface area contributed by atoms with E-state index in [0.29, 0.717) is 6.07 Å². The van der Waals surface area contributed by atoms with E-state index in [-0.39, 0.29) is 22.6 Å². The van der Waals surface area contributed by atoms with Crippen LogP contribution < -0.4 is 0 Å². The van der Waals surface area contributed by atoms with Gasteiger partial charge in [-0.1, -0.05) is 19.3 Å². The van der Waals surface area contributed by atoms with Gasteiger partial charge in [-0.05, 0) is 24.3 Å². The Bertz CT molecular complexity index is 508. The summed E-state index contributed by atoms with van der Waals surface area (Å²) in [6, 6.07) is 4.17. The Balaban J connectivity index is 2.62. The molecule has 1 aliphatic carbocycles. The van der Waals surface area contributed by atoms with E-state index >= 15 is 0 Å². The van der Waals surface area contributed by atoms with Gasteiger partial charge >= 0.3 is 0 Å². The molecular formula is C14H12F2N2. The number of hydrogen-bond donors (Lipinski definition) is 0. The van der Waals surface area contributed by atoms with Crippen molar-refractivity contribution < 1.29 is 8.78 Å². The number of nitriles is 2. The zero-order chi connectivity index (χ0) is 13.1. The van der Waals surface area contributed by atoms with E-state index in [9.17, 15) is 8.78 Å². The van der Waals surface area contributed by atoms with Crippen LogP contribution in [0.4, 0.5) is 8.78 Å². The van der Waals surface area contributed by atoms with Crippen LogP contribution in [0.2, 0.25) is 0 Å². The topological polar surface area (TPSA) is 47.6 Å². The Kier molecular flexibility index (Phi) is 3.58. The molecule has 1 saturated carbocycles. The molecule has 2 nitrogen and oxygen atoms in total. The molecule has 0 spiro atoms. The fraction of sp³-hybridized carbons (Fsp3) is 0.429. The molecule has 0 heterocycles. The van der Waals surface area contributed by atoms with Gasteiger partial charge in [0.15, 0.2) is 0 Å². The number of hydrogen-bond acceptors (Lipinski definition) is 2. The predicted molar refractivity (Wildman–Crippen MR) is 61.6 cm³/mol. The molecule has 0 atom stereocenters. The molecule has 18 heavy (non-hydrogen) atoms. The monoisotopic (exact) mass is 246 g/mol. The molecule has 92 valence electrons. The molecule has 0 unspecified atom stereocenters. The molecule has 0 saturated heterocycles. The van der Waals surface area contributed by atoms with E-state index in [1.165, 1.54) is 0 Å². The zero-order valence-electron chi connectivity index (χ0n) is 9.84. The molecular weight excluding hydrogens is 234 g/mol. The van der Waals surface area contributed by atoms with Crippen LogP contribution in [0.1, 0.15) is 54.7 Å². The van der Waals surface area contributed by atoms with Gasteiger partial charge in [0.05, 0.1) is 11.1 Å². The molecule has 4 heteroatoms. The summed E-state index contributed by atoms with van der Waals surface area (Å²) in [6.07, 6.45) is 4.60. The predicted octanol–water partition coefficient (Wildman–Crippen LogP) is 3.76. The Morgan fingerprint density at radius 2 is 1.44 bits per heavy atom. The molecule has 0 aliphatic heterocycles. The molecule has 0 bridgehead atoms. The Morgan fingerprint density at radius 1 is 0.944 bits per heavy atom. The van der Waals surface area contributed by atoms with E-state index in [1.807, 2.05) is 0 Å². The maximum atomic E-state index is 13.6. The lowest BCUT2D eigenvalue weighted by molar-refractivity contribution is 0.438. The van der Waals surface area contributed by atoms with E-state index in [1.54, 1.807) is 12.1 Å². The fourth-order valence-corrected chi connectivity index (χ4v) is 2.66. The maximum Gasteiger partial charge on any atom is 0.144 e. The highest BCUT2D eigenvalue weighted by Crippen LogP contribution is 2.37. The standard InChI is InChI=1S/C14H12F2N2/c15-12-6-13(16)11(8-18)14(10(12)7-17)9-4-2-1-3-5-9/h6,9H,1-5H2. The summed E-state index contributed by atoms with van der Waals surface area (Å²) in [4.78, 5) is 0. The van der Waals surface area contributed by atoms with E-state index in [2.05, 4.69) is 0 Å². The van der Waals surface area contributed by atoms with Gasteiger partial charge in [0.25, 0.3) is 0 Å². The highest BCUT2D eigenvalue weighted by molar-refractivity contribution is 5.51. The van der Waals surface area contributed by atoms with Gasteiger partial charge in [-0.25, -0.2) is 8.78 Å². The third-order valence-corrected chi connectivity index (χ3v) is 3.51. The molecule has 1 aromatic rings. The summed E-state index contributed by atoms with van der Waals surface area (Å²) in [7, 11) is 0. The largest absolute Gasteiger partial charge is 0.205 e. The van der Waals surface area contributed by atoms with E-state index in [0.717, 1.165) is 32.1 Å². The molecule has 0 N–H and O–H groups in total. The van der Waals surface area contributed by atoms with Crippen molar-refractivity contribution in [3.05, 3.63) is 34.4 Å². The summed E-state index contributed by atoms with van der Waals surface area (Å²) < 4.78 is 27.2. The minimum absolute atomic E-state index is 0.0757. The molecule has 0 amide bonds. The highest BCUT2D eigenvalue weighted by Gasteiger charge is 2.26. The molecule has 1 aromatic carbocycles. The zero-order valence-corrected chi connectivity index (χ0v) is 9.84. The fourth-order valence-electron chi connectivity index (χ4n) is 2.66. The normalized spacial score (nSPS) is 16.0. The van der Waals surface area contributed by atoms with Gasteiger partial charge in [-0.15, -0.1) is 0 Å². The summed E-state index contributed by atoms with van der Waals surface area (Å²) in [6.45, 7) is 0. The van der Waals surface area contributed by atoms with Crippen LogP contribution in [0.15, 0.2) is 6.07 Å². The SMILES string of the molecule is N#Cc1c(F)cc(F)c(C#N)c1C1CCCCC1. The first-order valence-corrected chi connectivity index (χ1v) is 6.01. The lowest BCUT2D eigenvalue weighted by atomic mass is 9.80. The van der Waals surface area contributed by atoms with Gasteiger partial charge in [-0.3, -0.25) is 0 Å². The molecule has 0 radical (unpaired) electrons.